The zero-order valence-corrected chi connectivity index (χ0v) is 8.17. The van der Waals surface area contributed by atoms with Crippen molar-refractivity contribution in [3.63, 3.8) is 0 Å². The van der Waals surface area contributed by atoms with E-state index in [1.54, 1.807) is 11.9 Å². The van der Waals surface area contributed by atoms with Gasteiger partial charge in [0.25, 0.3) is 0 Å². The van der Waals surface area contributed by atoms with Crippen LogP contribution in [0.2, 0.25) is 0 Å². The van der Waals surface area contributed by atoms with Gasteiger partial charge in [0.2, 0.25) is 0 Å². The molecule has 0 aromatic heterocycles. The molecule has 82 valence electrons. The van der Waals surface area contributed by atoms with E-state index < -0.39 is 23.9 Å². The second-order valence-corrected chi connectivity index (χ2v) is 4.47. The highest BCUT2D eigenvalue weighted by Crippen LogP contribution is 2.42. The molecule has 0 radical (unpaired) electrons. The summed E-state index contributed by atoms with van der Waals surface area (Å²) in [4.78, 5) is 1.80. The van der Waals surface area contributed by atoms with Gasteiger partial charge in [0, 0.05) is 6.04 Å². The van der Waals surface area contributed by atoms with Gasteiger partial charge < -0.3 is 20.4 Å². The summed E-state index contributed by atoms with van der Waals surface area (Å²) in [5, 5.41) is 38.5. The van der Waals surface area contributed by atoms with Crippen molar-refractivity contribution in [2.75, 3.05) is 13.7 Å². The summed E-state index contributed by atoms with van der Waals surface area (Å²) in [6.45, 7) is -0.241. The van der Waals surface area contributed by atoms with E-state index in [4.69, 9.17) is 0 Å². The predicted molar refractivity (Wildman–Crippen MR) is 48.6 cm³/mol. The highest BCUT2D eigenvalue weighted by molar-refractivity contribution is 5.14. The summed E-state index contributed by atoms with van der Waals surface area (Å²) in [6.07, 6.45) is -1.62. The van der Waals surface area contributed by atoms with Crippen LogP contribution in [0.1, 0.15) is 12.8 Å². The number of aliphatic hydroxyl groups is 4. The third-order valence-electron chi connectivity index (χ3n) is 3.84. The van der Waals surface area contributed by atoms with E-state index >= 15 is 0 Å². The van der Waals surface area contributed by atoms with Crippen molar-refractivity contribution >= 4 is 0 Å². The molecule has 0 aliphatic carbocycles. The summed E-state index contributed by atoms with van der Waals surface area (Å²) in [5.74, 6) is 0. The van der Waals surface area contributed by atoms with Crippen LogP contribution >= 0.6 is 0 Å². The Morgan fingerprint density at radius 3 is 2.57 bits per heavy atom. The normalized spacial score (nSPS) is 53.8. The Morgan fingerprint density at radius 1 is 1.36 bits per heavy atom. The molecule has 5 atom stereocenters. The van der Waals surface area contributed by atoms with Crippen LogP contribution in [0.5, 0.6) is 0 Å². The zero-order chi connectivity index (χ0) is 10.5. The SMILES string of the molecule is CN1[C@H]2C[C@@H](O)C[C@]1(CO)[C@H](O)[C@H]2O. The van der Waals surface area contributed by atoms with E-state index in [9.17, 15) is 20.4 Å². The smallest absolute Gasteiger partial charge is 0.102 e. The van der Waals surface area contributed by atoms with E-state index in [1.807, 2.05) is 0 Å². The average molecular weight is 203 g/mol. The first-order valence-corrected chi connectivity index (χ1v) is 4.91. The summed E-state index contributed by atoms with van der Waals surface area (Å²) in [7, 11) is 1.77. The maximum atomic E-state index is 9.84. The van der Waals surface area contributed by atoms with E-state index in [1.165, 1.54) is 0 Å². The number of hydrogen-bond donors (Lipinski definition) is 4. The number of nitrogens with zero attached hydrogens (tertiary/aromatic N) is 1. The Labute approximate surface area is 82.6 Å². The summed E-state index contributed by atoms with van der Waals surface area (Å²) in [5.41, 5.74) is -0.859. The molecule has 4 N–H and O–H groups in total. The molecule has 14 heavy (non-hydrogen) atoms. The monoisotopic (exact) mass is 203 g/mol. The van der Waals surface area contributed by atoms with Gasteiger partial charge in [0.15, 0.2) is 0 Å². The van der Waals surface area contributed by atoms with Crippen molar-refractivity contribution < 1.29 is 20.4 Å². The van der Waals surface area contributed by atoms with Gasteiger partial charge in [-0.25, -0.2) is 0 Å². The lowest BCUT2D eigenvalue weighted by Crippen LogP contribution is -2.58. The molecule has 5 nitrogen and oxygen atoms in total. The van der Waals surface area contributed by atoms with Gasteiger partial charge in [0.1, 0.15) is 6.10 Å². The Balaban J connectivity index is 2.35. The number of hydrogen-bond acceptors (Lipinski definition) is 5. The van der Waals surface area contributed by atoms with Crippen LogP contribution in [0, 0.1) is 0 Å². The Hall–Kier alpha value is -0.200. The molecule has 0 amide bonds. The van der Waals surface area contributed by atoms with Crippen molar-refractivity contribution in [3.8, 4) is 0 Å². The van der Waals surface area contributed by atoms with E-state index in [-0.39, 0.29) is 12.6 Å². The van der Waals surface area contributed by atoms with Gasteiger partial charge in [-0.15, -0.1) is 0 Å². The van der Waals surface area contributed by atoms with E-state index in [0.29, 0.717) is 12.8 Å². The molecule has 0 spiro atoms. The van der Waals surface area contributed by atoms with Crippen molar-refractivity contribution in [3.05, 3.63) is 0 Å². The van der Waals surface area contributed by atoms with Crippen LogP contribution in [0.3, 0.4) is 0 Å². The van der Waals surface area contributed by atoms with Crippen molar-refractivity contribution in [2.45, 2.75) is 42.7 Å². The highest BCUT2D eigenvalue weighted by atomic mass is 16.3. The van der Waals surface area contributed by atoms with Gasteiger partial charge in [-0.3, -0.25) is 4.90 Å². The Morgan fingerprint density at radius 2 is 2.00 bits per heavy atom. The second-order valence-electron chi connectivity index (χ2n) is 4.47. The first-order valence-electron chi connectivity index (χ1n) is 4.91. The van der Waals surface area contributed by atoms with Crippen LogP contribution in [-0.4, -0.2) is 68.9 Å². The predicted octanol–water partition coefficient (Wildman–Crippen LogP) is -2.09. The van der Waals surface area contributed by atoms with Gasteiger partial charge in [-0.05, 0) is 19.9 Å². The second kappa shape index (κ2) is 3.15. The molecular formula is C9H17NO4. The molecule has 2 saturated heterocycles. The first-order chi connectivity index (χ1) is 6.53. The quantitative estimate of drug-likeness (QED) is 0.393. The van der Waals surface area contributed by atoms with Crippen molar-refractivity contribution in [1.29, 1.82) is 0 Å². The molecule has 2 rings (SSSR count). The van der Waals surface area contributed by atoms with Crippen molar-refractivity contribution in [2.24, 2.45) is 0 Å². The Kier molecular flexibility index (Phi) is 2.32. The van der Waals surface area contributed by atoms with Crippen LogP contribution in [-0.2, 0) is 0 Å². The van der Waals surface area contributed by atoms with Crippen LogP contribution < -0.4 is 0 Å². The fraction of sp³-hybridized carbons (Fsp3) is 1.00. The molecule has 2 aliphatic rings. The lowest BCUT2D eigenvalue weighted by Gasteiger charge is -2.43. The maximum Gasteiger partial charge on any atom is 0.102 e. The van der Waals surface area contributed by atoms with Gasteiger partial charge in [0.05, 0.1) is 24.4 Å². The minimum Gasteiger partial charge on any atom is -0.394 e. The summed E-state index contributed by atoms with van der Waals surface area (Å²) >= 11 is 0. The Bertz CT molecular complexity index is 229. The third-order valence-corrected chi connectivity index (χ3v) is 3.84. The van der Waals surface area contributed by atoms with E-state index in [0.717, 1.165) is 0 Å². The lowest BCUT2D eigenvalue weighted by atomic mass is 9.86. The minimum atomic E-state index is -0.973. The number of fused-ring (bicyclic) bond motifs is 2. The molecule has 0 aromatic rings. The molecule has 2 heterocycles. The van der Waals surface area contributed by atoms with E-state index in [2.05, 4.69) is 0 Å². The molecule has 0 saturated carbocycles. The van der Waals surface area contributed by atoms with Crippen molar-refractivity contribution in [1.82, 2.24) is 4.90 Å². The molecule has 2 fully saturated rings. The third kappa shape index (κ3) is 1.07. The summed E-state index contributed by atoms with van der Waals surface area (Å²) < 4.78 is 0. The number of likely N-dealkylation sites (N-methyl/N-ethyl adjacent to an activating group) is 1. The molecule has 2 aliphatic heterocycles. The van der Waals surface area contributed by atoms with Crippen LogP contribution in [0.4, 0.5) is 0 Å². The zero-order valence-electron chi connectivity index (χ0n) is 8.17. The fourth-order valence-electron chi connectivity index (χ4n) is 2.90. The average Bonchev–Trinajstić information content (AvgIpc) is 2.30. The highest BCUT2D eigenvalue weighted by Gasteiger charge is 2.60. The van der Waals surface area contributed by atoms with Gasteiger partial charge in [-0.2, -0.15) is 0 Å². The number of aliphatic hydroxyl groups excluding tert-OH is 4. The standard InChI is InChI=1S/C9H17NO4/c1-10-6-2-5(12)3-9(10,4-11)8(14)7(6)13/h5-8,11-14H,2-4H2,1H3/t5-,6+,7+,8-,9+/m1/s1. The van der Waals surface area contributed by atoms with Gasteiger partial charge >= 0.3 is 0 Å². The first kappa shape index (κ1) is 10.3. The van der Waals surface area contributed by atoms with Crippen LogP contribution in [0.15, 0.2) is 0 Å². The largest absolute Gasteiger partial charge is 0.394 e. The molecule has 5 heteroatoms. The fourth-order valence-corrected chi connectivity index (χ4v) is 2.90. The molecular weight excluding hydrogens is 186 g/mol. The van der Waals surface area contributed by atoms with Gasteiger partial charge in [-0.1, -0.05) is 0 Å². The topological polar surface area (TPSA) is 84.2 Å². The van der Waals surface area contributed by atoms with Crippen LogP contribution in [0.25, 0.3) is 0 Å². The minimum absolute atomic E-state index is 0.241. The molecule has 2 bridgehead atoms. The number of piperidine rings is 1. The maximum absolute atomic E-state index is 9.84. The lowest BCUT2D eigenvalue weighted by molar-refractivity contribution is -0.0700. The molecule has 0 aromatic carbocycles. The molecule has 0 unspecified atom stereocenters. The number of rotatable bonds is 1. The summed E-state index contributed by atoms with van der Waals surface area (Å²) in [6, 6.07) is -0.249.